The van der Waals surface area contributed by atoms with E-state index in [-0.39, 0.29) is 5.91 Å². The number of carbonyl (C=O) groups is 2. The number of nitrogens with one attached hydrogen (secondary N) is 1. The second kappa shape index (κ2) is 5.81. The van der Waals surface area contributed by atoms with Gasteiger partial charge in [0, 0.05) is 11.8 Å². The Hall–Kier alpha value is -2.14. The van der Waals surface area contributed by atoms with Crippen LogP contribution >= 0.6 is 11.3 Å². The summed E-state index contributed by atoms with van der Waals surface area (Å²) in [6.45, 7) is 5.71. The van der Waals surface area contributed by atoms with Crippen LogP contribution in [0.3, 0.4) is 0 Å². The van der Waals surface area contributed by atoms with Crippen molar-refractivity contribution in [1.82, 2.24) is 0 Å². The molecule has 1 aliphatic carbocycles. The summed E-state index contributed by atoms with van der Waals surface area (Å²) in [4.78, 5) is 24.5. The van der Waals surface area contributed by atoms with E-state index in [1.54, 1.807) is 0 Å². The molecule has 23 heavy (non-hydrogen) atoms. The van der Waals surface area contributed by atoms with Crippen molar-refractivity contribution in [3.8, 4) is 10.4 Å². The quantitative estimate of drug-likeness (QED) is 0.879. The molecule has 4 nitrogen and oxygen atoms in total. The number of amides is 2. The van der Waals surface area contributed by atoms with Crippen LogP contribution in [0.2, 0.25) is 0 Å². The molecule has 0 radical (unpaired) electrons. The first-order valence-corrected chi connectivity index (χ1v) is 8.54. The fourth-order valence-corrected chi connectivity index (χ4v) is 4.58. The van der Waals surface area contributed by atoms with Crippen LogP contribution in [0, 0.1) is 6.92 Å². The monoisotopic (exact) mass is 328 g/mol. The number of anilines is 1. The van der Waals surface area contributed by atoms with Gasteiger partial charge in [-0.3, -0.25) is 9.59 Å². The molecule has 2 amide bonds. The second-order valence-electron chi connectivity index (χ2n) is 6.19. The summed E-state index contributed by atoms with van der Waals surface area (Å²) in [5, 5.41) is 3.33. The predicted molar refractivity (Wildman–Crippen MR) is 94.0 cm³/mol. The highest BCUT2D eigenvalue weighted by Crippen LogP contribution is 2.46. The molecule has 0 fully saturated rings. The fraction of sp³-hybridized carbons (Fsp3) is 0.333. The third kappa shape index (κ3) is 2.77. The molecule has 0 bridgehead atoms. The summed E-state index contributed by atoms with van der Waals surface area (Å²) in [6, 6.07) is 6.46. The average molecular weight is 328 g/mol. The molecule has 1 unspecified atom stereocenters. The van der Waals surface area contributed by atoms with Gasteiger partial charge < -0.3 is 11.1 Å². The minimum atomic E-state index is -0.477. The van der Waals surface area contributed by atoms with Crippen LogP contribution in [-0.2, 0) is 11.2 Å². The predicted octanol–water partition coefficient (Wildman–Crippen LogP) is 3.83. The Morgan fingerprint density at radius 2 is 2.09 bits per heavy atom. The molecule has 1 heterocycles. The Morgan fingerprint density at radius 3 is 2.74 bits per heavy atom. The molecule has 1 atom stereocenters. The maximum absolute atomic E-state index is 12.0. The van der Waals surface area contributed by atoms with Gasteiger partial charge in [-0.15, -0.1) is 11.3 Å². The lowest BCUT2D eigenvalue weighted by molar-refractivity contribution is -0.114. The van der Waals surface area contributed by atoms with Gasteiger partial charge in [-0.05, 0) is 42.4 Å². The second-order valence-corrected chi connectivity index (χ2v) is 7.21. The zero-order valence-electron chi connectivity index (χ0n) is 13.5. The smallest absolute Gasteiger partial charge is 0.252 e. The third-order valence-corrected chi connectivity index (χ3v) is 5.54. The number of rotatable bonds is 2. The van der Waals surface area contributed by atoms with E-state index < -0.39 is 5.91 Å². The van der Waals surface area contributed by atoms with Crippen molar-refractivity contribution < 1.29 is 9.59 Å². The molecule has 3 N–H and O–H groups in total. The van der Waals surface area contributed by atoms with Gasteiger partial charge in [-0.2, -0.15) is 0 Å². The number of hydrogen-bond donors (Lipinski definition) is 2. The van der Waals surface area contributed by atoms with Gasteiger partial charge in [-0.1, -0.05) is 30.7 Å². The highest BCUT2D eigenvalue weighted by molar-refractivity contribution is 7.20. The maximum Gasteiger partial charge on any atom is 0.252 e. The van der Waals surface area contributed by atoms with Crippen molar-refractivity contribution in [2.75, 3.05) is 5.32 Å². The standard InChI is InChI=1S/C18H20N2O2S/c1-9-4-6-12-10(2)5-7-13-15(17(19)22)18(20-11(3)21)23-16(13)14(12)8-9/h4,6,8,10H,5,7H2,1-3H3,(H2,19,22)(H,20,21). The number of benzene rings is 1. The normalized spacial score (nSPS) is 16.2. The topological polar surface area (TPSA) is 72.2 Å². The molecule has 0 saturated carbocycles. The Labute approximate surface area is 139 Å². The minimum absolute atomic E-state index is 0.193. The summed E-state index contributed by atoms with van der Waals surface area (Å²) in [7, 11) is 0. The van der Waals surface area contributed by atoms with Gasteiger partial charge in [-0.25, -0.2) is 0 Å². The number of carbonyl (C=O) groups excluding carboxylic acids is 2. The first-order chi connectivity index (χ1) is 10.9. The highest BCUT2D eigenvalue weighted by atomic mass is 32.1. The maximum atomic E-state index is 12.0. The van der Waals surface area contributed by atoms with E-state index in [0.717, 1.165) is 28.8 Å². The summed E-state index contributed by atoms with van der Waals surface area (Å²) < 4.78 is 0. The van der Waals surface area contributed by atoms with E-state index in [1.807, 2.05) is 0 Å². The van der Waals surface area contributed by atoms with Crippen molar-refractivity contribution >= 4 is 28.2 Å². The molecule has 1 aromatic carbocycles. The van der Waals surface area contributed by atoms with Gasteiger partial charge in [0.1, 0.15) is 5.00 Å². The van der Waals surface area contributed by atoms with Gasteiger partial charge >= 0.3 is 0 Å². The van der Waals surface area contributed by atoms with Crippen LogP contribution in [0.25, 0.3) is 10.4 Å². The molecular formula is C18H20N2O2S. The number of thiophene rings is 1. The molecule has 3 rings (SSSR count). The van der Waals surface area contributed by atoms with Crippen molar-refractivity contribution in [2.24, 2.45) is 5.73 Å². The molecule has 0 saturated heterocycles. The highest BCUT2D eigenvalue weighted by Gasteiger charge is 2.28. The van der Waals surface area contributed by atoms with Gasteiger partial charge in [0.15, 0.2) is 0 Å². The van der Waals surface area contributed by atoms with Gasteiger partial charge in [0.2, 0.25) is 5.91 Å². The summed E-state index contributed by atoms with van der Waals surface area (Å²) in [5.74, 6) is -0.244. The Morgan fingerprint density at radius 1 is 1.35 bits per heavy atom. The SMILES string of the molecule is CC(=O)Nc1sc2c(c1C(N)=O)CCC(C)c1ccc(C)cc1-2. The first-order valence-electron chi connectivity index (χ1n) is 7.72. The van der Waals surface area contributed by atoms with Crippen LogP contribution in [0.5, 0.6) is 0 Å². The van der Waals surface area contributed by atoms with Gasteiger partial charge in [0.05, 0.1) is 5.56 Å². The Balaban J connectivity index is 2.28. The molecule has 0 aliphatic heterocycles. The number of aryl methyl sites for hydroxylation is 1. The van der Waals surface area contributed by atoms with E-state index in [2.05, 4.69) is 37.4 Å². The summed E-state index contributed by atoms with van der Waals surface area (Å²) >= 11 is 1.45. The zero-order chi connectivity index (χ0) is 16.7. The van der Waals surface area contributed by atoms with Crippen LogP contribution in [0.1, 0.15) is 53.2 Å². The van der Waals surface area contributed by atoms with Crippen molar-refractivity contribution in [3.63, 3.8) is 0 Å². The fourth-order valence-electron chi connectivity index (χ4n) is 3.24. The van der Waals surface area contributed by atoms with Crippen LogP contribution < -0.4 is 11.1 Å². The summed E-state index contributed by atoms with van der Waals surface area (Å²) in [5.41, 5.74) is 10.7. The number of primary amides is 1. The largest absolute Gasteiger partial charge is 0.365 e. The van der Waals surface area contributed by atoms with Crippen molar-refractivity contribution in [1.29, 1.82) is 0 Å². The summed E-state index contributed by atoms with van der Waals surface area (Å²) in [6.07, 6.45) is 1.75. The number of fused-ring (bicyclic) bond motifs is 3. The lowest BCUT2D eigenvalue weighted by atomic mass is 9.93. The minimum Gasteiger partial charge on any atom is -0.365 e. The van der Waals surface area contributed by atoms with E-state index in [9.17, 15) is 9.59 Å². The first kappa shape index (κ1) is 15.7. The van der Waals surface area contributed by atoms with Crippen molar-refractivity contribution in [2.45, 2.75) is 39.5 Å². The molecule has 2 aromatic rings. The molecule has 1 aliphatic rings. The van der Waals surface area contributed by atoms with Gasteiger partial charge in [0.25, 0.3) is 5.91 Å². The van der Waals surface area contributed by atoms with E-state index in [1.165, 1.54) is 29.4 Å². The Kier molecular flexibility index (Phi) is 3.98. The molecule has 0 spiro atoms. The van der Waals surface area contributed by atoms with Crippen LogP contribution in [0.4, 0.5) is 5.00 Å². The molecular weight excluding hydrogens is 308 g/mol. The van der Waals surface area contributed by atoms with E-state index >= 15 is 0 Å². The van der Waals surface area contributed by atoms with E-state index in [0.29, 0.717) is 16.5 Å². The average Bonchev–Trinajstić information content (AvgIpc) is 2.76. The van der Waals surface area contributed by atoms with E-state index in [4.69, 9.17) is 5.73 Å². The van der Waals surface area contributed by atoms with Crippen LogP contribution in [0.15, 0.2) is 18.2 Å². The van der Waals surface area contributed by atoms with Crippen LogP contribution in [-0.4, -0.2) is 11.8 Å². The lowest BCUT2D eigenvalue weighted by Gasteiger charge is -2.13. The molecule has 1 aromatic heterocycles. The zero-order valence-corrected chi connectivity index (χ0v) is 14.3. The third-order valence-electron chi connectivity index (χ3n) is 4.35. The molecule has 120 valence electrons. The Bertz CT molecular complexity index is 808. The lowest BCUT2D eigenvalue weighted by Crippen LogP contribution is -2.16. The number of hydrogen-bond acceptors (Lipinski definition) is 3. The van der Waals surface area contributed by atoms with Crippen molar-refractivity contribution in [3.05, 3.63) is 40.5 Å². The number of nitrogens with two attached hydrogens (primary N) is 1. The molecule has 5 heteroatoms.